The van der Waals surface area contributed by atoms with Gasteiger partial charge in [-0.3, -0.25) is 0 Å². The molecule has 16 heavy (non-hydrogen) atoms. The summed E-state index contributed by atoms with van der Waals surface area (Å²) in [6.45, 7) is 1.80. The molecular formula is C12H16Cl2O2. The molecule has 0 aliphatic rings. The molecule has 0 unspecified atom stereocenters. The molecule has 0 saturated heterocycles. The molecule has 0 saturated carbocycles. The van der Waals surface area contributed by atoms with Crippen molar-refractivity contribution in [2.24, 2.45) is 5.41 Å². The number of hydrogen-bond donors (Lipinski definition) is 2. The third-order valence-electron chi connectivity index (χ3n) is 2.99. The van der Waals surface area contributed by atoms with Crippen LogP contribution in [0.1, 0.15) is 18.9 Å². The number of halogens is 2. The van der Waals surface area contributed by atoms with Gasteiger partial charge in [-0.15, -0.1) is 0 Å². The van der Waals surface area contributed by atoms with Crippen molar-refractivity contribution in [2.75, 3.05) is 13.2 Å². The van der Waals surface area contributed by atoms with Gasteiger partial charge in [0, 0.05) is 15.5 Å². The van der Waals surface area contributed by atoms with E-state index < -0.39 is 5.41 Å². The molecule has 0 heterocycles. The van der Waals surface area contributed by atoms with Crippen molar-refractivity contribution in [3.63, 3.8) is 0 Å². The molecule has 0 spiro atoms. The molecule has 1 aromatic rings. The summed E-state index contributed by atoms with van der Waals surface area (Å²) in [6.07, 6.45) is 1.21. The Morgan fingerprint density at radius 1 is 1.19 bits per heavy atom. The molecule has 0 atom stereocenters. The zero-order valence-corrected chi connectivity index (χ0v) is 10.7. The third-order valence-corrected chi connectivity index (χ3v) is 3.60. The molecular weight excluding hydrogens is 247 g/mol. The number of rotatable bonds is 5. The lowest BCUT2D eigenvalue weighted by Crippen LogP contribution is -2.31. The van der Waals surface area contributed by atoms with Gasteiger partial charge in [-0.1, -0.05) is 30.1 Å². The molecule has 4 heteroatoms. The molecule has 1 rings (SSSR count). The van der Waals surface area contributed by atoms with E-state index in [2.05, 4.69) is 0 Å². The van der Waals surface area contributed by atoms with Crippen LogP contribution in [-0.4, -0.2) is 23.4 Å². The van der Waals surface area contributed by atoms with E-state index in [-0.39, 0.29) is 13.2 Å². The van der Waals surface area contributed by atoms with E-state index in [1.54, 1.807) is 18.2 Å². The van der Waals surface area contributed by atoms with Crippen molar-refractivity contribution in [1.29, 1.82) is 0 Å². The summed E-state index contributed by atoms with van der Waals surface area (Å²) in [4.78, 5) is 0. The van der Waals surface area contributed by atoms with Gasteiger partial charge in [-0.05, 0) is 36.6 Å². The van der Waals surface area contributed by atoms with Gasteiger partial charge in [0.1, 0.15) is 0 Å². The second-order valence-electron chi connectivity index (χ2n) is 4.08. The molecule has 0 fully saturated rings. The van der Waals surface area contributed by atoms with Crippen molar-refractivity contribution in [1.82, 2.24) is 0 Å². The van der Waals surface area contributed by atoms with Crippen molar-refractivity contribution >= 4 is 23.2 Å². The van der Waals surface area contributed by atoms with Crippen LogP contribution in [0.2, 0.25) is 10.0 Å². The molecule has 0 aliphatic heterocycles. The molecule has 1 aromatic carbocycles. The molecule has 0 amide bonds. The molecule has 2 nitrogen and oxygen atoms in total. The highest BCUT2D eigenvalue weighted by Gasteiger charge is 2.27. The lowest BCUT2D eigenvalue weighted by molar-refractivity contribution is 0.0514. The van der Waals surface area contributed by atoms with Gasteiger partial charge in [-0.25, -0.2) is 0 Å². The predicted molar refractivity (Wildman–Crippen MR) is 67.1 cm³/mol. The van der Waals surface area contributed by atoms with Gasteiger partial charge >= 0.3 is 0 Å². The Bertz CT molecular complexity index is 341. The summed E-state index contributed by atoms with van der Waals surface area (Å²) >= 11 is 11.9. The van der Waals surface area contributed by atoms with Crippen molar-refractivity contribution < 1.29 is 10.2 Å². The molecule has 90 valence electrons. The fourth-order valence-electron chi connectivity index (χ4n) is 1.59. The van der Waals surface area contributed by atoms with Crippen LogP contribution in [0.15, 0.2) is 18.2 Å². The summed E-state index contributed by atoms with van der Waals surface area (Å²) in [5.41, 5.74) is 0.341. The van der Waals surface area contributed by atoms with Gasteiger partial charge in [-0.2, -0.15) is 0 Å². The number of benzene rings is 1. The summed E-state index contributed by atoms with van der Waals surface area (Å²) in [5, 5.41) is 20.0. The minimum absolute atomic E-state index is 0.0666. The standard InChI is InChI=1S/C12H16Cl2O2/c1-2-12(7-15,8-16)6-9-5-10(13)3-4-11(9)14/h3-5,15-16H,2,6-8H2,1H3. The zero-order chi connectivity index (χ0) is 12.2. The second kappa shape index (κ2) is 5.87. The third kappa shape index (κ3) is 3.11. The Kier molecular flexibility index (Phi) is 5.06. The van der Waals surface area contributed by atoms with Crippen LogP contribution in [0, 0.1) is 5.41 Å². The number of hydrogen-bond acceptors (Lipinski definition) is 2. The van der Waals surface area contributed by atoms with E-state index in [0.717, 1.165) is 5.56 Å². The van der Waals surface area contributed by atoms with E-state index in [9.17, 15) is 10.2 Å². The molecule has 0 aliphatic carbocycles. The second-order valence-corrected chi connectivity index (χ2v) is 4.93. The van der Waals surface area contributed by atoms with Gasteiger partial charge in [0.15, 0.2) is 0 Å². The van der Waals surface area contributed by atoms with Crippen LogP contribution in [-0.2, 0) is 6.42 Å². The number of aliphatic hydroxyl groups excluding tert-OH is 2. The minimum atomic E-state index is -0.520. The maximum Gasteiger partial charge on any atom is 0.0512 e. The van der Waals surface area contributed by atoms with Crippen molar-refractivity contribution in [3.05, 3.63) is 33.8 Å². The molecule has 0 bridgehead atoms. The quantitative estimate of drug-likeness (QED) is 0.857. The predicted octanol–water partition coefficient (Wildman–Crippen LogP) is 2.92. The summed E-state index contributed by atoms with van der Waals surface area (Å²) in [6, 6.07) is 5.23. The first-order valence-electron chi connectivity index (χ1n) is 5.22. The smallest absolute Gasteiger partial charge is 0.0512 e. The van der Waals surface area contributed by atoms with Crippen LogP contribution in [0.3, 0.4) is 0 Å². The first-order chi connectivity index (χ1) is 7.56. The lowest BCUT2D eigenvalue weighted by Gasteiger charge is -2.28. The van der Waals surface area contributed by atoms with Crippen LogP contribution in [0.5, 0.6) is 0 Å². The minimum Gasteiger partial charge on any atom is -0.396 e. The van der Waals surface area contributed by atoms with Gasteiger partial charge in [0.05, 0.1) is 13.2 Å². The van der Waals surface area contributed by atoms with E-state index in [4.69, 9.17) is 23.2 Å². The normalized spacial score (nSPS) is 11.8. The molecule has 2 N–H and O–H groups in total. The van der Waals surface area contributed by atoms with Crippen LogP contribution in [0.25, 0.3) is 0 Å². The van der Waals surface area contributed by atoms with Gasteiger partial charge < -0.3 is 10.2 Å². The van der Waals surface area contributed by atoms with E-state index in [1.165, 1.54) is 0 Å². The van der Waals surface area contributed by atoms with Gasteiger partial charge in [0.25, 0.3) is 0 Å². The Morgan fingerprint density at radius 3 is 2.31 bits per heavy atom. The fourth-order valence-corrected chi connectivity index (χ4v) is 1.97. The van der Waals surface area contributed by atoms with Crippen molar-refractivity contribution in [2.45, 2.75) is 19.8 Å². The van der Waals surface area contributed by atoms with Crippen molar-refractivity contribution in [3.8, 4) is 0 Å². The average Bonchev–Trinajstić information content (AvgIpc) is 2.31. The highest BCUT2D eigenvalue weighted by Crippen LogP contribution is 2.30. The maximum absolute atomic E-state index is 9.36. The first-order valence-corrected chi connectivity index (χ1v) is 5.98. The van der Waals surface area contributed by atoms with E-state index in [1.807, 2.05) is 6.92 Å². The van der Waals surface area contributed by atoms with E-state index >= 15 is 0 Å². The fraction of sp³-hybridized carbons (Fsp3) is 0.500. The zero-order valence-electron chi connectivity index (χ0n) is 9.21. The van der Waals surface area contributed by atoms with Gasteiger partial charge in [0.2, 0.25) is 0 Å². The van der Waals surface area contributed by atoms with Crippen LogP contribution >= 0.6 is 23.2 Å². The number of aliphatic hydroxyl groups is 2. The van der Waals surface area contributed by atoms with Crippen LogP contribution in [0.4, 0.5) is 0 Å². The van der Waals surface area contributed by atoms with Crippen LogP contribution < -0.4 is 0 Å². The van der Waals surface area contributed by atoms with E-state index in [0.29, 0.717) is 22.9 Å². The monoisotopic (exact) mass is 262 g/mol. The average molecular weight is 263 g/mol. The topological polar surface area (TPSA) is 40.5 Å². The summed E-state index contributed by atoms with van der Waals surface area (Å²) < 4.78 is 0. The molecule has 0 aromatic heterocycles. The lowest BCUT2D eigenvalue weighted by atomic mass is 9.81. The summed E-state index contributed by atoms with van der Waals surface area (Å²) in [5.74, 6) is 0. The Hall–Kier alpha value is -0.280. The highest BCUT2D eigenvalue weighted by atomic mass is 35.5. The largest absolute Gasteiger partial charge is 0.396 e. The SMILES string of the molecule is CCC(CO)(CO)Cc1cc(Cl)ccc1Cl. The Labute approximate surface area is 106 Å². The first kappa shape index (κ1) is 13.8. The maximum atomic E-state index is 9.36. The Morgan fingerprint density at radius 2 is 1.81 bits per heavy atom. The Balaban J connectivity index is 2.97. The highest BCUT2D eigenvalue weighted by molar-refractivity contribution is 6.33. The molecule has 0 radical (unpaired) electrons. The summed E-state index contributed by atoms with van der Waals surface area (Å²) in [7, 11) is 0.